The van der Waals surface area contributed by atoms with E-state index in [-0.39, 0.29) is 11.3 Å². The van der Waals surface area contributed by atoms with Gasteiger partial charge in [0.05, 0.1) is 29.9 Å². The van der Waals surface area contributed by atoms with Crippen molar-refractivity contribution in [3.8, 4) is 11.5 Å². The third-order valence-electron chi connectivity index (χ3n) is 5.28. The number of ether oxygens (including phenoxy) is 3. The number of Topliss-reactive ketones (excluding diaryl/α,β-unsaturated/α-hetero) is 1. The van der Waals surface area contributed by atoms with Crippen LogP contribution in [0.25, 0.3) is 5.76 Å². The quantitative estimate of drug-likeness (QED) is 0.235. The fraction of sp³-hybridized carbons (Fsp3) is 0.360. The van der Waals surface area contributed by atoms with Crippen molar-refractivity contribution < 1.29 is 28.9 Å². The van der Waals surface area contributed by atoms with Gasteiger partial charge in [-0.1, -0.05) is 23.7 Å². The molecule has 2 aromatic carbocycles. The van der Waals surface area contributed by atoms with Gasteiger partial charge in [-0.3, -0.25) is 9.59 Å². The highest BCUT2D eigenvalue weighted by Gasteiger charge is 2.46. The van der Waals surface area contributed by atoms with E-state index < -0.39 is 17.7 Å². The number of methoxy groups -OCH3 is 1. The Morgan fingerprint density at radius 3 is 2.55 bits per heavy atom. The average molecular weight is 474 g/mol. The molecule has 7 nitrogen and oxygen atoms in total. The molecule has 8 heteroatoms. The zero-order valence-corrected chi connectivity index (χ0v) is 19.7. The van der Waals surface area contributed by atoms with E-state index in [4.69, 9.17) is 25.8 Å². The molecule has 0 aliphatic carbocycles. The second kappa shape index (κ2) is 11.2. The molecule has 1 fully saturated rings. The number of hydrogen-bond donors (Lipinski definition) is 1. The summed E-state index contributed by atoms with van der Waals surface area (Å²) in [6.07, 6.45) is 0.542. The molecule has 1 amide bonds. The maximum Gasteiger partial charge on any atom is 0.295 e. The first kappa shape index (κ1) is 24.6. The number of benzene rings is 2. The van der Waals surface area contributed by atoms with Crippen molar-refractivity contribution in [2.24, 2.45) is 0 Å². The van der Waals surface area contributed by atoms with E-state index >= 15 is 0 Å². The molecule has 3 rings (SSSR count). The summed E-state index contributed by atoms with van der Waals surface area (Å²) in [7, 11) is 1.58. The summed E-state index contributed by atoms with van der Waals surface area (Å²) in [5.41, 5.74) is 1.01. The average Bonchev–Trinajstić information content (AvgIpc) is 3.06. The van der Waals surface area contributed by atoms with Gasteiger partial charge in [0.1, 0.15) is 17.3 Å². The molecular weight excluding hydrogens is 446 g/mol. The van der Waals surface area contributed by atoms with Crippen molar-refractivity contribution in [3.63, 3.8) is 0 Å². The highest BCUT2D eigenvalue weighted by molar-refractivity contribution is 6.46. The Kier molecular flexibility index (Phi) is 8.36. The number of aliphatic hydroxyl groups is 1. The smallest absolute Gasteiger partial charge is 0.295 e. The van der Waals surface area contributed by atoms with Crippen LogP contribution in [0.2, 0.25) is 5.02 Å². The second-order valence-electron chi connectivity index (χ2n) is 7.42. The summed E-state index contributed by atoms with van der Waals surface area (Å²) >= 11 is 6.18. The number of likely N-dealkylation sites (tertiary alicyclic amines) is 1. The molecule has 0 bridgehead atoms. The van der Waals surface area contributed by atoms with Crippen LogP contribution in [0.4, 0.5) is 0 Å². The van der Waals surface area contributed by atoms with Gasteiger partial charge in [-0.15, -0.1) is 0 Å². The molecule has 1 aliphatic rings. The molecule has 0 saturated carbocycles. The molecule has 1 atom stereocenters. The lowest BCUT2D eigenvalue weighted by atomic mass is 9.95. The Balaban J connectivity index is 2.14. The first-order chi connectivity index (χ1) is 15.9. The van der Waals surface area contributed by atoms with Gasteiger partial charge in [-0.25, -0.2) is 0 Å². The predicted octanol–water partition coefficient (Wildman–Crippen LogP) is 4.60. The summed E-state index contributed by atoms with van der Waals surface area (Å²) in [6.45, 7) is 5.29. The second-order valence-corrected chi connectivity index (χ2v) is 7.83. The maximum absolute atomic E-state index is 13.1. The molecule has 1 N–H and O–H groups in total. The maximum atomic E-state index is 13.1. The van der Waals surface area contributed by atoms with E-state index in [9.17, 15) is 14.7 Å². The molecule has 0 radical (unpaired) electrons. The number of aliphatic hydroxyl groups excluding tert-OH is 1. The van der Waals surface area contributed by atoms with Crippen molar-refractivity contribution in [3.05, 3.63) is 64.2 Å². The number of carbonyl (C=O) groups excluding carboxylic acids is 2. The molecular formula is C25H28ClNO6. The number of rotatable bonds is 10. The fourth-order valence-electron chi connectivity index (χ4n) is 3.85. The van der Waals surface area contributed by atoms with Crippen molar-refractivity contribution in [2.75, 3.05) is 33.5 Å². The summed E-state index contributed by atoms with van der Waals surface area (Å²) in [6, 6.07) is 11.2. The Hall–Kier alpha value is -3.03. The Labute approximate surface area is 198 Å². The van der Waals surface area contributed by atoms with Gasteiger partial charge in [0, 0.05) is 25.8 Å². The highest BCUT2D eigenvalue weighted by atomic mass is 35.5. The summed E-state index contributed by atoms with van der Waals surface area (Å²) in [4.78, 5) is 27.6. The number of amides is 1. The summed E-state index contributed by atoms with van der Waals surface area (Å²) in [5.74, 6) is -0.704. The molecule has 0 aromatic heterocycles. The molecule has 0 spiro atoms. The molecule has 1 saturated heterocycles. The lowest BCUT2D eigenvalue weighted by molar-refractivity contribution is -0.140. The van der Waals surface area contributed by atoms with Gasteiger partial charge < -0.3 is 24.2 Å². The van der Waals surface area contributed by atoms with Crippen LogP contribution >= 0.6 is 11.6 Å². The standard InChI is InChI=1S/C25H28ClNO6/c1-4-32-18-9-6-8-16(14-18)22-21(24(29)25(30)27(22)12-7-13-31-3)23(28)17-10-11-19(26)20(15-17)33-5-2/h6,8-11,14-15,22,28H,4-5,7,12-13H2,1-3H3/b23-21-. The van der Waals surface area contributed by atoms with E-state index in [1.54, 1.807) is 43.5 Å². The van der Waals surface area contributed by atoms with Crippen LogP contribution in [-0.2, 0) is 14.3 Å². The zero-order valence-electron chi connectivity index (χ0n) is 19.0. The minimum Gasteiger partial charge on any atom is -0.507 e. The van der Waals surface area contributed by atoms with Gasteiger partial charge in [0.15, 0.2) is 0 Å². The lowest BCUT2D eigenvalue weighted by Crippen LogP contribution is -2.31. The largest absolute Gasteiger partial charge is 0.507 e. The Morgan fingerprint density at radius 1 is 1.09 bits per heavy atom. The monoisotopic (exact) mass is 473 g/mol. The number of ketones is 1. The van der Waals surface area contributed by atoms with Crippen LogP contribution in [0.5, 0.6) is 11.5 Å². The van der Waals surface area contributed by atoms with Gasteiger partial charge in [-0.2, -0.15) is 0 Å². The SMILES string of the molecule is CCOc1cccc(C2/C(=C(/O)c3ccc(Cl)c(OCC)c3)C(=O)C(=O)N2CCCOC)c1. The lowest BCUT2D eigenvalue weighted by Gasteiger charge is -2.25. The first-order valence-electron chi connectivity index (χ1n) is 10.9. The number of hydrogen-bond acceptors (Lipinski definition) is 6. The topological polar surface area (TPSA) is 85.3 Å². The van der Waals surface area contributed by atoms with Crippen LogP contribution < -0.4 is 9.47 Å². The van der Waals surface area contributed by atoms with Crippen LogP contribution in [0.3, 0.4) is 0 Å². The van der Waals surface area contributed by atoms with Crippen molar-refractivity contribution >= 4 is 29.1 Å². The van der Waals surface area contributed by atoms with Crippen LogP contribution in [0.15, 0.2) is 48.0 Å². The first-order valence-corrected chi connectivity index (χ1v) is 11.2. The fourth-order valence-corrected chi connectivity index (χ4v) is 4.02. The predicted molar refractivity (Wildman–Crippen MR) is 126 cm³/mol. The number of nitrogens with zero attached hydrogens (tertiary/aromatic N) is 1. The molecule has 1 heterocycles. The van der Waals surface area contributed by atoms with E-state index in [0.29, 0.717) is 60.4 Å². The molecule has 2 aromatic rings. The van der Waals surface area contributed by atoms with Crippen molar-refractivity contribution in [1.29, 1.82) is 0 Å². The summed E-state index contributed by atoms with van der Waals surface area (Å²) < 4.78 is 16.2. The molecule has 1 unspecified atom stereocenters. The zero-order chi connectivity index (χ0) is 24.0. The van der Waals surface area contributed by atoms with Crippen LogP contribution in [-0.4, -0.2) is 55.2 Å². The Bertz CT molecular complexity index is 1050. The van der Waals surface area contributed by atoms with Crippen molar-refractivity contribution in [2.45, 2.75) is 26.3 Å². The highest BCUT2D eigenvalue weighted by Crippen LogP contribution is 2.41. The Morgan fingerprint density at radius 2 is 1.85 bits per heavy atom. The van der Waals surface area contributed by atoms with Crippen molar-refractivity contribution in [1.82, 2.24) is 4.90 Å². The van der Waals surface area contributed by atoms with Gasteiger partial charge >= 0.3 is 0 Å². The van der Waals surface area contributed by atoms with E-state index in [1.165, 1.54) is 4.90 Å². The van der Waals surface area contributed by atoms with E-state index in [1.807, 2.05) is 19.9 Å². The van der Waals surface area contributed by atoms with Gasteiger partial charge in [-0.05, 0) is 56.2 Å². The van der Waals surface area contributed by atoms with Crippen LogP contribution in [0, 0.1) is 0 Å². The molecule has 1 aliphatic heterocycles. The third kappa shape index (κ3) is 5.31. The van der Waals surface area contributed by atoms with Crippen LogP contribution in [0.1, 0.15) is 37.4 Å². The number of carbonyl (C=O) groups is 2. The minimum absolute atomic E-state index is 0.0100. The third-order valence-corrected chi connectivity index (χ3v) is 5.59. The van der Waals surface area contributed by atoms with Gasteiger partial charge in [0.2, 0.25) is 0 Å². The normalized spacial score (nSPS) is 17.5. The van der Waals surface area contributed by atoms with E-state index in [2.05, 4.69) is 0 Å². The molecule has 176 valence electrons. The minimum atomic E-state index is -0.770. The van der Waals surface area contributed by atoms with E-state index in [0.717, 1.165) is 0 Å². The summed E-state index contributed by atoms with van der Waals surface area (Å²) in [5, 5.41) is 11.6. The number of halogens is 1. The van der Waals surface area contributed by atoms with Gasteiger partial charge in [0.25, 0.3) is 11.7 Å². The molecule has 33 heavy (non-hydrogen) atoms.